The number of nitrogens with one attached hydrogen (secondary N) is 2. The number of hydrogen-bond acceptors (Lipinski definition) is 9. The van der Waals surface area contributed by atoms with Crippen LogP contribution in [0.1, 0.15) is 150 Å². The van der Waals surface area contributed by atoms with Gasteiger partial charge in [0.1, 0.15) is 0 Å². The molecule has 3 amide bonds. The average molecular weight is 882 g/mol. The summed E-state index contributed by atoms with van der Waals surface area (Å²) in [5.41, 5.74) is -2.22. The first-order valence-electron chi connectivity index (χ1n) is 24.3. The van der Waals surface area contributed by atoms with Gasteiger partial charge in [-0.1, -0.05) is 52.5 Å². The van der Waals surface area contributed by atoms with Gasteiger partial charge >= 0.3 is 10.2 Å². The molecule has 4 aliphatic heterocycles. The number of rotatable bonds is 16. The molecule has 14 heteroatoms. The number of Topliss-reactive ketones (excluding diaryl/α,β-unsaturated/α-hetero) is 2. The Morgan fingerprint density at radius 1 is 0.823 bits per heavy atom. The van der Waals surface area contributed by atoms with E-state index < -0.39 is 44.9 Å². The minimum atomic E-state index is -4.07. The molecule has 4 saturated carbocycles. The first-order chi connectivity index (χ1) is 29.4. The minimum Gasteiger partial charge on any atom is -0.381 e. The predicted molar refractivity (Wildman–Crippen MR) is 235 cm³/mol. The lowest BCUT2D eigenvalue weighted by Gasteiger charge is -2.43. The van der Waals surface area contributed by atoms with Crippen LogP contribution in [0.2, 0.25) is 0 Å². The highest BCUT2D eigenvalue weighted by molar-refractivity contribution is 7.87. The summed E-state index contributed by atoms with van der Waals surface area (Å²) >= 11 is 0. The monoisotopic (exact) mass is 882 g/mol. The molecule has 8 fully saturated rings. The highest BCUT2D eigenvalue weighted by Crippen LogP contribution is 2.88. The van der Waals surface area contributed by atoms with Crippen LogP contribution < -0.4 is 10.0 Å². The molecule has 2 spiro atoms. The molecule has 8 aliphatic rings. The van der Waals surface area contributed by atoms with Gasteiger partial charge in [-0.25, -0.2) is 4.72 Å². The van der Waals surface area contributed by atoms with E-state index in [4.69, 9.17) is 4.74 Å². The van der Waals surface area contributed by atoms with E-state index in [1.165, 1.54) is 4.31 Å². The quantitative estimate of drug-likeness (QED) is 0.185. The van der Waals surface area contributed by atoms with Gasteiger partial charge in [0.15, 0.2) is 11.6 Å². The number of carbonyl (C=O) groups is 5. The number of allylic oxidation sites excluding steroid dienone is 1. The van der Waals surface area contributed by atoms with Crippen molar-refractivity contribution in [3.8, 4) is 0 Å². The van der Waals surface area contributed by atoms with Crippen molar-refractivity contribution in [3.63, 3.8) is 0 Å². The Balaban J connectivity index is 1.09. The summed E-state index contributed by atoms with van der Waals surface area (Å²) in [6, 6.07) is -1.59. The van der Waals surface area contributed by atoms with Gasteiger partial charge in [0.2, 0.25) is 17.7 Å². The van der Waals surface area contributed by atoms with Crippen LogP contribution in [0.15, 0.2) is 12.7 Å². The summed E-state index contributed by atoms with van der Waals surface area (Å²) in [5.74, 6) is -2.43. The topological polar surface area (TPSA) is 162 Å². The average Bonchev–Trinajstić information content (AvgIpc) is 3.64. The molecule has 4 heterocycles. The maximum absolute atomic E-state index is 15.8. The molecule has 7 atom stereocenters. The second kappa shape index (κ2) is 17.0. The lowest BCUT2D eigenvalue weighted by atomic mass is 9.67. The summed E-state index contributed by atoms with van der Waals surface area (Å²) in [6.45, 7) is 17.7. The van der Waals surface area contributed by atoms with Gasteiger partial charge in [-0.15, -0.1) is 6.58 Å². The van der Waals surface area contributed by atoms with Gasteiger partial charge in [-0.3, -0.25) is 28.9 Å². The molecule has 62 heavy (non-hydrogen) atoms. The molecule has 0 unspecified atom stereocenters. The van der Waals surface area contributed by atoms with Crippen LogP contribution >= 0.6 is 0 Å². The van der Waals surface area contributed by atoms with Crippen molar-refractivity contribution >= 4 is 39.5 Å². The standard InChI is InChI=1S/C48H75N5O8S/c1-7-34-28-46(34,43(58)50-62(59,60)51-22-11-12-23-51)30-39(55)37-29-48(44(4,5)47(48)18-14-19-47)31-53(37)42(57)35(45(6)20-25-61-26-21-45)27-38(54)40(33-15-9-8-10-16-33)49-41(56)36-17-13-24-52(36)32(2)3/h7,32-37,40H,1,8-31H2,2-6H3,(H,49,56)(H,50,58)/t34-,35-,36+,37+,40+,46-,48-/m1/s1. The summed E-state index contributed by atoms with van der Waals surface area (Å²) < 4.78 is 36.1. The molecule has 0 radical (unpaired) electrons. The van der Waals surface area contributed by atoms with Crippen molar-refractivity contribution in [2.45, 2.75) is 174 Å². The van der Waals surface area contributed by atoms with Crippen molar-refractivity contribution in [2.75, 3.05) is 39.4 Å². The number of amides is 3. The van der Waals surface area contributed by atoms with E-state index in [2.05, 4.69) is 56.1 Å². The van der Waals surface area contributed by atoms with Gasteiger partial charge in [0, 0.05) is 57.1 Å². The second-order valence-corrected chi connectivity index (χ2v) is 23.8. The molecule has 0 bridgehead atoms. The molecule has 0 aromatic rings. The summed E-state index contributed by atoms with van der Waals surface area (Å²) in [7, 11) is -4.07. The summed E-state index contributed by atoms with van der Waals surface area (Å²) in [5, 5.41) is 3.29. The Bertz CT molecular complexity index is 1900. The Kier molecular flexibility index (Phi) is 12.5. The Morgan fingerprint density at radius 2 is 1.50 bits per heavy atom. The number of ether oxygens (including phenoxy) is 1. The highest BCUT2D eigenvalue weighted by Gasteiger charge is 2.85. The summed E-state index contributed by atoms with van der Waals surface area (Å²) in [6.07, 6.45) is 14.5. The molecule has 4 aliphatic carbocycles. The van der Waals surface area contributed by atoms with Gasteiger partial charge in [-0.2, -0.15) is 12.7 Å². The van der Waals surface area contributed by atoms with E-state index in [1.807, 2.05) is 0 Å². The third-order valence-corrected chi connectivity index (χ3v) is 20.1. The van der Waals surface area contributed by atoms with Crippen molar-refractivity contribution in [1.29, 1.82) is 0 Å². The zero-order valence-corrected chi connectivity index (χ0v) is 39.1. The Hall–Kier alpha value is -2.68. The van der Waals surface area contributed by atoms with Crippen molar-refractivity contribution in [3.05, 3.63) is 12.7 Å². The van der Waals surface area contributed by atoms with E-state index >= 15 is 14.4 Å². The lowest BCUT2D eigenvalue weighted by Crippen LogP contribution is -2.55. The SMILES string of the molecule is C=C[C@@H]1C[C@]1(CC(=O)[C@@H]1C[C@@]2(CN1C(=O)[C@@H](CC(=O)[C@@H](NC(=O)[C@@H]1CCCN1C(C)C)C1CCCCC1)C1(C)CCOCC1)C(C)(C)C21CCC1)C(=O)NS(=O)(=O)N1CCCC1. The molecule has 13 nitrogen and oxygen atoms in total. The predicted octanol–water partition coefficient (Wildman–Crippen LogP) is 5.72. The molecular weight excluding hydrogens is 807 g/mol. The van der Waals surface area contributed by atoms with Crippen molar-refractivity contribution in [1.82, 2.24) is 24.1 Å². The molecule has 0 aromatic heterocycles. The van der Waals surface area contributed by atoms with E-state index in [1.54, 1.807) is 11.0 Å². The molecule has 346 valence electrons. The van der Waals surface area contributed by atoms with Gasteiger partial charge in [-0.05, 0) is 126 Å². The zero-order chi connectivity index (χ0) is 44.5. The Morgan fingerprint density at radius 3 is 2.08 bits per heavy atom. The first kappa shape index (κ1) is 45.9. The maximum atomic E-state index is 15.8. The van der Waals surface area contributed by atoms with E-state index in [0.29, 0.717) is 58.5 Å². The van der Waals surface area contributed by atoms with Crippen molar-refractivity contribution < 1.29 is 37.1 Å². The van der Waals surface area contributed by atoms with Crippen LogP contribution in [-0.2, 0) is 38.9 Å². The fraction of sp³-hybridized carbons (Fsp3) is 0.854. The number of nitrogens with zero attached hydrogens (tertiary/aromatic N) is 3. The molecule has 2 N–H and O–H groups in total. The number of ketones is 2. The normalized spacial score (nSPS) is 33.8. The fourth-order valence-electron chi connectivity index (χ4n) is 14.2. The first-order valence-corrected chi connectivity index (χ1v) is 25.8. The van der Waals surface area contributed by atoms with Gasteiger partial charge < -0.3 is 15.0 Å². The molecule has 4 saturated heterocycles. The summed E-state index contributed by atoms with van der Waals surface area (Å²) in [4.78, 5) is 78.1. The number of likely N-dealkylation sites (tertiary alicyclic amines) is 2. The number of hydrogen-bond donors (Lipinski definition) is 2. The number of fused-ring (bicyclic) bond motifs is 1. The van der Waals surface area contributed by atoms with Crippen LogP contribution in [0.25, 0.3) is 0 Å². The van der Waals surface area contributed by atoms with Crippen LogP contribution in [0, 0.1) is 44.8 Å². The number of carbonyl (C=O) groups excluding carboxylic acids is 5. The van der Waals surface area contributed by atoms with Crippen LogP contribution in [0.4, 0.5) is 0 Å². The van der Waals surface area contributed by atoms with E-state index in [-0.39, 0.29) is 76.4 Å². The maximum Gasteiger partial charge on any atom is 0.303 e. The fourth-order valence-corrected chi connectivity index (χ4v) is 15.5. The van der Waals surface area contributed by atoms with Crippen LogP contribution in [0.3, 0.4) is 0 Å². The minimum absolute atomic E-state index is 0.00422. The lowest BCUT2D eigenvalue weighted by molar-refractivity contribution is -0.150. The molecule has 8 rings (SSSR count). The second-order valence-electron chi connectivity index (χ2n) is 22.1. The van der Waals surface area contributed by atoms with E-state index in [0.717, 1.165) is 83.6 Å². The molecular formula is C48H75N5O8S. The smallest absolute Gasteiger partial charge is 0.303 e. The third-order valence-electron chi connectivity index (χ3n) is 18.7. The molecule has 0 aromatic carbocycles. The van der Waals surface area contributed by atoms with E-state index in [9.17, 15) is 18.0 Å². The van der Waals surface area contributed by atoms with Gasteiger partial charge in [0.25, 0.3) is 0 Å². The largest absolute Gasteiger partial charge is 0.381 e. The van der Waals surface area contributed by atoms with Crippen LogP contribution in [-0.4, -0.2) is 115 Å². The van der Waals surface area contributed by atoms with Crippen molar-refractivity contribution in [2.24, 2.45) is 44.8 Å². The third kappa shape index (κ3) is 7.63. The van der Waals surface area contributed by atoms with Crippen LogP contribution in [0.5, 0.6) is 0 Å². The zero-order valence-electron chi connectivity index (χ0n) is 38.3. The highest BCUT2D eigenvalue weighted by atomic mass is 32.2. The van der Waals surface area contributed by atoms with Gasteiger partial charge in [0.05, 0.1) is 29.5 Å². The Labute approximate surface area is 370 Å².